The zero-order chi connectivity index (χ0) is 21.6. The summed E-state index contributed by atoms with van der Waals surface area (Å²) in [7, 11) is 0. The Labute approximate surface area is 177 Å². The summed E-state index contributed by atoms with van der Waals surface area (Å²) >= 11 is 0. The predicted molar refractivity (Wildman–Crippen MR) is 114 cm³/mol. The predicted octanol–water partition coefficient (Wildman–Crippen LogP) is 4.29. The highest BCUT2D eigenvalue weighted by Crippen LogP contribution is 2.20. The Hall–Kier alpha value is -3.22. The van der Waals surface area contributed by atoms with Crippen molar-refractivity contribution in [1.82, 2.24) is 20.2 Å². The lowest BCUT2D eigenvalue weighted by Gasteiger charge is -2.20. The minimum absolute atomic E-state index is 0.0377. The lowest BCUT2D eigenvalue weighted by molar-refractivity contribution is -0.155. The molecule has 7 nitrogen and oxygen atoms in total. The van der Waals surface area contributed by atoms with Gasteiger partial charge in [0.15, 0.2) is 0 Å². The van der Waals surface area contributed by atoms with Crippen LogP contribution in [-0.4, -0.2) is 31.8 Å². The molecule has 30 heavy (non-hydrogen) atoms. The number of benzene rings is 2. The Kier molecular flexibility index (Phi) is 6.82. The van der Waals surface area contributed by atoms with E-state index in [9.17, 15) is 4.79 Å². The van der Waals surface area contributed by atoms with E-state index in [2.05, 4.69) is 15.4 Å². The molecule has 158 valence electrons. The van der Waals surface area contributed by atoms with E-state index in [1.54, 1.807) is 0 Å². The Morgan fingerprint density at radius 2 is 1.77 bits per heavy atom. The van der Waals surface area contributed by atoms with Gasteiger partial charge in [-0.05, 0) is 61.7 Å². The van der Waals surface area contributed by atoms with Gasteiger partial charge in [-0.25, -0.2) is 0 Å². The number of tetrazole rings is 1. The summed E-state index contributed by atoms with van der Waals surface area (Å²) in [6, 6.07) is 17.6. The van der Waals surface area contributed by atoms with E-state index < -0.39 is 5.60 Å². The number of hydrogen-bond donors (Lipinski definition) is 0. The number of hydrogen-bond acceptors (Lipinski definition) is 6. The molecule has 0 aliphatic carbocycles. The van der Waals surface area contributed by atoms with Gasteiger partial charge in [0.2, 0.25) is 5.82 Å². The molecule has 0 fully saturated rings. The molecule has 2 aromatic carbocycles. The second-order valence-electron chi connectivity index (χ2n) is 8.36. The van der Waals surface area contributed by atoms with Crippen LogP contribution in [0.15, 0.2) is 54.6 Å². The fraction of sp³-hybridized carbons (Fsp3) is 0.391. The molecule has 0 bridgehead atoms. The van der Waals surface area contributed by atoms with Gasteiger partial charge < -0.3 is 9.47 Å². The summed E-state index contributed by atoms with van der Waals surface area (Å²) in [5.74, 6) is 1.13. The topological polar surface area (TPSA) is 79.1 Å². The average molecular weight is 409 g/mol. The van der Waals surface area contributed by atoms with Gasteiger partial charge in [-0.15, -0.1) is 10.2 Å². The minimum Gasteiger partial charge on any atom is -0.489 e. The molecular weight excluding hydrogens is 380 g/mol. The Balaban J connectivity index is 1.53. The minimum atomic E-state index is -0.480. The first-order valence-electron chi connectivity index (χ1n) is 10.1. The van der Waals surface area contributed by atoms with E-state index in [0.29, 0.717) is 25.4 Å². The number of aromatic nitrogens is 4. The van der Waals surface area contributed by atoms with Crippen LogP contribution in [0.2, 0.25) is 0 Å². The molecule has 0 radical (unpaired) electrons. The number of ether oxygens (including phenoxy) is 2. The van der Waals surface area contributed by atoms with Crippen LogP contribution in [-0.2, 0) is 22.7 Å². The largest absolute Gasteiger partial charge is 0.489 e. The van der Waals surface area contributed by atoms with Gasteiger partial charge in [-0.3, -0.25) is 4.79 Å². The third-order valence-corrected chi connectivity index (χ3v) is 4.22. The standard InChI is InChI=1S/C23H28N4O3/c1-17(14-21(28)30-23(2,3)4)15-27-25-22(24-26-27)19-10-12-20(13-11-19)29-16-18-8-6-5-7-9-18/h5-13,17H,14-16H2,1-4H3/t17-/m1/s1. The first-order chi connectivity index (χ1) is 14.3. The van der Waals surface area contributed by atoms with Crippen molar-refractivity contribution in [1.29, 1.82) is 0 Å². The molecule has 0 unspecified atom stereocenters. The summed E-state index contributed by atoms with van der Waals surface area (Å²) in [4.78, 5) is 13.5. The maximum absolute atomic E-state index is 12.0. The molecule has 0 aliphatic rings. The second-order valence-corrected chi connectivity index (χ2v) is 8.36. The number of carbonyl (C=O) groups excluding carboxylic acids is 1. The Bertz CT molecular complexity index is 947. The smallest absolute Gasteiger partial charge is 0.306 e. The van der Waals surface area contributed by atoms with Crippen molar-refractivity contribution in [3.63, 3.8) is 0 Å². The van der Waals surface area contributed by atoms with E-state index in [1.807, 2.05) is 82.3 Å². The molecule has 0 N–H and O–H groups in total. The quantitative estimate of drug-likeness (QED) is 0.518. The first kappa shape index (κ1) is 21.5. The van der Waals surface area contributed by atoms with Crippen molar-refractivity contribution in [2.75, 3.05) is 0 Å². The van der Waals surface area contributed by atoms with E-state index in [-0.39, 0.29) is 11.9 Å². The van der Waals surface area contributed by atoms with Crippen molar-refractivity contribution in [3.8, 4) is 17.1 Å². The molecule has 0 saturated heterocycles. The molecular formula is C23H28N4O3. The third kappa shape index (κ3) is 6.69. The van der Waals surface area contributed by atoms with Crippen molar-refractivity contribution in [3.05, 3.63) is 60.2 Å². The van der Waals surface area contributed by atoms with Crippen LogP contribution in [0.4, 0.5) is 0 Å². The van der Waals surface area contributed by atoms with Crippen LogP contribution in [0.5, 0.6) is 5.75 Å². The van der Waals surface area contributed by atoms with E-state index >= 15 is 0 Å². The molecule has 0 amide bonds. The third-order valence-electron chi connectivity index (χ3n) is 4.22. The zero-order valence-electron chi connectivity index (χ0n) is 17.9. The number of esters is 1. The molecule has 3 rings (SSSR count). The van der Waals surface area contributed by atoms with Crippen LogP contribution in [0.1, 0.15) is 39.7 Å². The molecule has 3 aromatic rings. The first-order valence-corrected chi connectivity index (χ1v) is 10.1. The van der Waals surface area contributed by atoms with Crippen LogP contribution < -0.4 is 4.74 Å². The van der Waals surface area contributed by atoms with Crippen LogP contribution in [0, 0.1) is 5.92 Å². The molecule has 0 aliphatic heterocycles. The number of rotatable bonds is 8. The molecule has 0 saturated carbocycles. The lowest BCUT2D eigenvalue weighted by Crippen LogP contribution is -2.25. The van der Waals surface area contributed by atoms with Crippen molar-refractivity contribution < 1.29 is 14.3 Å². The van der Waals surface area contributed by atoms with Gasteiger partial charge in [0, 0.05) is 12.0 Å². The highest BCUT2D eigenvalue weighted by Gasteiger charge is 2.19. The molecule has 1 aromatic heterocycles. The summed E-state index contributed by atoms with van der Waals surface area (Å²) in [6.07, 6.45) is 0.307. The summed E-state index contributed by atoms with van der Waals surface area (Å²) in [6.45, 7) is 8.55. The number of carbonyl (C=O) groups is 1. The maximum Gasteiger partial charge on any atom is 0.306 e. The maximum atomic E-state index is 12.0. The van der Waals surface area contributed by atoms with Gasteiger partial charge in [-0.1, -0.05) is 37.3 Å². The van der Waals surface area contributed by atoms with E-state index in [0.717, 1.165) is 16.9 Å². The van der Waals surface area contributed by atoms with Crippen LogP contribution in [0.3, 0.4) is 0 Å². The SMILES string of the molecule is C[C@H](CC(=O)OC(C)(C)C)Cn1nnc(-c2ccc(OCc3ccccc3)cc2)n1. The summed E-state index contributed by atoms with van der Waals surface area (Å²) in [5.41, 5.74) is 1.49. The summed E-state index contributed by atoms with van der Waals surface area (Å²) < 4.78 is 11.2. The molecule has 7 heteroatoms. The zero-order valence-corrected chi connectivity index (χ0v) is 17.9. The highest BCUT2D eigenvalue weighted by atomic mass is 16.6. The molecule has 1 heterocycles. The summed E-state index contributed by atoms with van der Waals surface area (Å²) in [5, 5.41) is 12.7. The lowest BCUT2D eigenvalue weighted by atomic mass is 10.1. The molecule has 1 atom stereocenters. The average Bonchev–Trinajstić information content (AvgIpc) is 3.14. The Morgan fingerprint density at radius 3 is 2.43 bits per heavy atom. The number of nitrogens with zero attached hydrogens (tertiary/aromatic N) is 4. The van der Waals surface area contributed by atoms with Crippen molar-refractivity contribution >= 4 is 5.97 Å². The monoisotopic (exact) mass is 408 g/mol. The van der Waals surface area contributed by atoms with Crippen molar-refractivity contribution in [2.45, 2.75) is 52.9 Å². The van der Waals surface area contributed by atoms with E-state index in [4.69, 9.17) is 9.47 Å². The van der Waals surface area contributed by atoms with Crippen molar-refractivity contribution in [2.24, 2.45) is 5.92 Å². The second kappa shape index (κ2) is 9.52. The van der Waals surface area contributed by atoms with Gasteiger partial charge >= 0.3 is 5.97 Å². The van der Waals surface area contributed by atoms with E-state index in [1.165, 1.54) is 4.80 Å². The van der Waals surface area contributed by atoms with Gasteiger partial charge in [-0.2, -0.15) is 4.80 Å². The normalized spacial score (nSPS) is 12.4. The van der Waals surface area contributed by atoms with Crippen LogP contribution in [0.25, 0.3) is 11.4 Å². The Morgan fingerprint density at radius 1 is 1.07 bits per heavy atom. The molecule has 0 spiro atoms. The highest BCUT2D eigenvalue weighted by molar-refractivity contribution is 5.70. The van der Waals surface area contributed by atoms with Gasteiger partial charge in [0.1, 0.15) is 18.0 Å². The fourth-order valence-corrected chi connectivity index (χ4v) is 2.89. The van der Waals surface area contributed by atoms with Gasteiger partial charge in [0.05, 0.1) is 6.54 Å². The van der Waals surface area contributed by atoms with Crippen LogP contribution >= 0.6 is 0 Å². The van der Waals surface area contributed by atoms with Gasteiger partial charge in [0.25, 0.3) is 0 Å². The fourth-order valence-electron chi connectivity index (χ4n) is 2.89.